The predicted octanol–water partition coefficient (Wildman–Crippen LogP) is 4.36. The highest BCUT2D eigenvalue weighted by atomic mass is 35.5. The molecule has 1 amide bonds. The molecule has 0 aromatic heterocycles. The molecule has 1 fully saturated rings. The Hall–Kier alpha value is -1.83. The molecular formula is C19H19ClN2O3S2. The number of hydrogen-bond acceptors (Lipinski definition) is 6. The van der Waals surface area contributed by atoms with E-state index in [2.05, 4.69) is 10.5 Å². The van der Waals surface area contributed by atoms with Crippen LogP contribution in [-0.2, 0) is 4.79 Å². The molecule has 0 spiro atoms. The molecule has 1 heterocycles. The molecule has 1 N–H and O–H groups in total. The van der Waals surface area contributed by atoms with Gasteiger partial charge in [-0.25, -0.2) is 5.43 Å². The first-order valence-corrected chi connectivity index (χ1v) is 10.7. The molecule has 2 aromatic carbocycles. The SMILES string of the molecule is COc1ccc(Cl)cc1/C=N\NC(=O)COc1ccc(C2SCCS2)cc1. The van der Waals surface area contributed by atoms with Gasteiger partial charge in [0.15, 0.2) is 6.61 Å². The number of methoxy groups -OCH3 is 1. The van der Waals surface area contributed by atoms with E-state index in [1.54, 1.807) is 25.3 Å². The zero-order chi connectivity index (χ0) is 19.1. The third-order valence-electron chi connectivity index (χ3n) is 3.73. The van der Waals surface area contributed by atoms with Crippen LogP contribution in [0.3, 0.4) is 0 Å². The summed E-state index contributed by atoms with van der Waals surface area (Å²) in [5.74, 6) is 3.30. The lowest BCUT2D eigenvalue weighted by Crippen LogP contribution is -2.24. The Morgan fingerprint density at radius 1 is 1.26 bits per heavy atom. The number of hydrogen-bond donors (Lipinski definition) is 1. The molecule has 0 aliphatic carbocycles. The van der Waals surface area contributed by atoms with Gasteiger partial charge in [0, 0.05) is 22.1 Å². The summed E-state index contributed by atoms with van der Waals surface area (Å²) >= 11 is 9.87. The van der Waals surface area contributed by atoms with E-state index < -0.39 is 0 Å². The van der Waals surface area contributed by atoms with Gasteiger partial charge in [0.2, 0.25) is 0 Å². The van der Waals surface area contributed by atoms with Crippen molar-refractivity contribution >= 4 is 47.2 Å². The van der Waals surface area contributed by atoms with Crippen molar-refractivity contribution < 1.29 is 14.3 Å². The van der Waals surface area contributed by atoms with Gasteiger partial charge in [0.05, 0.1) is 17.9 Å². The second kappa shape index (κ2) is 9.92. The quantitative estimate of drug-likeness (QED) is 0.530. The first kappa shape index (κ1) is 19.9. The lowest BCUT2D eigenvalue weighted by Gasteiger charge is -2.10. The number of hydrazone groups is 1. The van der Waals surface area contributed by atoms with Gasteiger partial charge in [0.1, 0.15) is 11.5 Å². The zero-order valence-electron chi connectivity index (χ0n) is 14.7. The zero-order valence-corrected chi connectivity index (χ0v) is 17.1. The number of rotatable bonds is 7. The second-order valence-electron chi connectivity index (χ2n) is 5.61. The van der Waals surface area contributed by atoms with Gasteiger partial charge in [-0.3, -0.25) is 4.79 Å². The maximum Gasteiger partial charge on any atom is 0.277 e. The van der Waals surface area contributed by atoms with Gasteiger partial charge < -0.3 is 9.47 Å². The minimum absolute atomic E-state index is 0.115. The van der Waals surface area contributed by atoms with Crippen LogP contribution in [0.2, 0.25) is 5.02 Å². The molecule has 5 nitrogen and oxygen atoms in total. The van der Waals surface area contributed by atoms with Crippen LogP contribution in [0.5, 0.6) is 11.5 Å². The van der Waals surface area contributed by atoms with Crippen LogP contribution in [0.1, 0.15) is 15.7 Å². The fourth-order valence-corrected chi connectivity index (χ4v) is 5.47. The van der Waals surface area contributed by atoms with Crippen LogP contribution >= 0.6 is 35.1 Å². The van der Waals surface area contributed by atoms with Crippen molar-refractivity contribution in [1.29, 1.82) is 0 Å². The van der Waals surface area contributed by atoms with Crippen LogP contribution in [0.15, 0.2) is 47.6 Å². The average molecular weight is 423 g/mol. The smallest absolute Gasteiger partial charge is 0.277 e. The summed E-state index contributed by atoms with van der Waals surface area (Å²) in [5.41, 5.74) is 4.38. The number of carbonyl (C=O) groups is 1. The topological polar surface area (TPSA) is 59.9 Å². The molecule has 8 heteroatoms. The Morgan fingerprint density at radius 3 is 2.70 bits per heavy atom. The fraction of sp³-hybridized carbons (Fsp3) is 0.263. The Bertz CT molecular complexity index is 809. The lowest BCUT2D eigenvalue weighted by molar-refractivity contribution is -0.123. The summed E-state index contributed by atoms with van der Waals surface area (Å²) in [4.78, 5) is 11.9. The Balaban J connectivity index is 1.47. The Labute approximate surface area is 171 Å². The first-order valence-electron chi connectivity index (χ1n) is 8.27. The molecule has 1 saturated heterocycles. The fourth-order valence-electron chi connectivity index (χ4n) is 2.43. The van der Waals surface area contributed by atoms with Crippen LogP contribution < -0.4 is 14.9 Å². The molecule has 0 radical (unpaired) electrons. The number of halogens is 1. The van der Waals surface area contributed by atoms with Crippen molar-refractivity contribution in [3.63, 3.8) is 0 Å². The molecule has 0 atom stereocenters. The van der Waals surface area contributed by atoms with E-state index in [4.69, 9.17) is 21.1 Å². The van der Waals surface area contributed by atoms with Crippen molar-refractivity contribution in [2.45, 2.75) is 4.58 Å². The first-order chi connectivity index (χ1) is 13.2. The molecule has 1 aliphatic heterocycles. The lowest BCUT2D eigenvalue weighted by atomic mass is 10.2. The van der Waals surface area contributed by atoms with Crippen molar-refractivity contribution in [2.75, 3.05) is 25.2 Å². The van der Waals surface area contributed by atoms with Crippen molar-refractivity contribution in [3.8, 4) is 11.5 Å². The largest absolute Gasteiger partial charge is 0.496 e. The number of nitrogens with zero attached hydrogens (tertiary/aromatic N) is 1. The second-order valence-corrected chi connectivity index (χ2v) is 8.77. The third-order valence-corrected chi connectivity index (χ3v) is 7.07. The highest BCUT2D eigenvalue weighted by Gasteiger charge is 2.17. The van der Waals surface area contributed by atoms with E-state index in [-0.39, 0.29) is 12.5 Å². The predicted molar refractivity (Wildman–Crippen MR) is 113 cm³/mol. The van der Waals surface area contributed by atoms with Gasteiger partial charge in [-0.1, -0.05) is 23.7 Å². The van der Waals surface area contributed by atoms with E-state index in [1.165, 1.54) is 23.3 Å². The Morgan fingerprint density at radius 2 is 2.00 bits per heavy atom. The van der Waals surface area contributed by atoms with E-state index in [9.17, 15) is 4.79 Å². The van der Waals surface area contributed by atoms with Crippen LogP contribution in [-0.4, -0.2) is 37.3 Å². The minimum atomic E-state index is -0.349. The maximum atomic E-state index is 11.9. The van der Waals surface area contributed by atoms with Crippen LogP contribution in [0.4, 0.5) is 0 Å². The third kappa shape index (κ3) is 5.82. The van der Waals surface area contributed by atoms with Crippen molar-refractivity contribution in [3.05, 3.63) is 58.6 Å². The summed E-state index contributed by atoms with van der Waals surface area (Å²) in [6.45, 7) is -0.115. The molecule has 1 aliphatic rings. The standard InChI is InChI=1S/C19H19ClN2O3S2/c1-24-17-7-4-15(20)10-14(17)11-21-22-18(23)12-25-16-5-2-13(3-6-16)19-26-8-9-27-19/h2-7,10-11,19H,8-9,12H2,1H3,(H,22,23)/b21-11-. The van der Waals surface area contributed by atoms with Crippen LogP contribution in [0, 0.1) is 0 Å². The minimum Gasteiger partial charge on any atom is -0.496 e. The molecule has 2 aromatic rings. The normalized spacial score (nSPS) is 14.4. The molecule has 3 rings (SSSR count). The molecule has 0 unspecified atom stereocenters. The van der Waals surface area contributed by atoms with Gasteiger partial charge >= 0.3 is 0 Å². The van der Waals surface area contributed by atoms with E-state index in [0.717, 1.165) is 0 Å². The van der Waals surface area contributed by atoms with Gasteiger partial charge in [-0.05, 0) is 35.9 Å². The maximum absolute atomic E-state index is 11.9. The molecular weight excluding hydrogens is 404 g/mol. The number of amides is 1. The highest BCUT2D eigenvalue weighted by molar-refractivity contribution is 8.19. The molecule has 0 saturated carbocycles. The van der Waals surface area contributed by atoms with E-state index >= 15 is 0 Å². The number of thioether (sulfide) groups is 2. The molecule has 27 heavy (non-hydrogen) atoms. The van der Waals surface area contributed by atoms with E-state index in [1.807, 2.05) is 47.8 Å². The number of benzene rings is 2. The van der Waals surface area contributed by atoms with Crippen LogP contribution in [0.25, 0.3) is 0 Å². The van der Waals surface area contributed by atoms with Gasteiger partial charge in [-0.15, -0.1) is 23.5 Å². The number of ether oxygens (including phenoxy) is 2. The summed E-state index contributed by atoms with van der Waals surface area (Å²) in [6, 6.07) is 13.0. The molecule has 142 valence electrons. The molecule has 0 bridgehead atoms. The monoisotopic (exact) mass is 422 g/mol. The summed E-state index contributed by atoms with van der Waals surface area (Å²) < 4.78 is 11.2. The van der Waals surface area contributed by atoms with E-state index in [0.29, 0.717) is 26.7 Å². The van der Waals surface area contributed by atoms with Gasteiger partial charge in [-0.2, -0.15) is 5.10 Å². The van der Waals surface area contributed by atoms with Crippen molar-refractivity contribution in [2.24, 2.45) is 5.10 Å². The van der Waals surface area contributed by atoms with Crippen molar-refractivity contribution in [1.82, 2.24) is 5.43 Å². The van der Waals surface area contributed by atoms with Gasteiger partial charge in [0.25, 0.3) is 5.91 Å². The average Bonchev–Trinajstić information content (AvgIpc) is 3.22. The number of carbonyl (C=O) groups excluding carboxylic acids is 1. The summed E-state index contributed by atoms with van der Waals surface area (Å²) in [5, 5.41) is 4.48. The number of nitrogens with one attached hydrogen (secondary N) is 1. The summed E-state index contributed by atoms with van der Waals surface area (Å²) in [6.07, 6.45) is 1.48. The Kier molecular flexibility index (Phi) is 7.32. The highest BCUT2D eigenvalue weighted by Crippen LogP contribution is 2.45. The summed E-state index contributed by atoms with van der Waals surface area (Å²) in [7, 11) is 1.56.